The van der Waals surface area contributed by atoms with Gasteiger partial charge in [-0.05, 0) is 54.7 Å². The number of benzene rings is 1. The van der Waals surface area contributed by atoms with Crippen LogP contribution in [-0.2, 0) is 0 Å². The van der Waals surface area contributed by atoms with Crippen molar-refractivity contribution in [1.82, 2.24) is 15.2 Å². The van der Waals surface area contributed by atoms with E-state index in [-0.39, 0.29) is 17.9 Å². The Hall–Kier alpha value is -2.25. The van der Waals surface area contributed by atoms with Crippen molar-refractivity contribution in [3.8, 4) is 11.3 Å². The summed E-state index contributed by atoms with van der Waals surface area (Å²) in [7, 11) is 1.91. The third-order valence-corrected chi connectivity index (χ3v) is 5.35. The molecule has 1 fully saturated rings. The van der Waals surface area contributed by atoms with E-state index in [4.69, 9.17) is 16.6 Å². The quantitative estimate of drug-likeness (QED) is 0.600. The van der Waals surface area contributed by atoms with E-state index in [9.17, 15) is 4.39 Å². The second-order valence-corrected chi connectivity index (χ2v) is 7.37. The zero-order valence-corrected chi connectivity index (χ0v) is 16.2. The lowest BCUT2D eigenvalue weighted by atomic mass is 10.0. The van der Waals surface area contributed by atoms with E-state index in [0.717, 1.165) is 5.69 Å². The third kappa shape index (κ3) is 3.01. The van der Waals surface area contributed by atoms with Gasteiger partial charge in [0.05, 0.1) is 17.3 Å². The van der Waals surface area contributed by atoms with Crippen LogP contribution in [0.5, 0.6) is 0 Å². The van der Waals surface area contributed by atoms with Gasteiger partial charge in [0, 0.05) is 17.7 Å². The Morgan fingerprint density at radius 1 is 1.23 bits per heavy atom. The van der Waals surface area contributed by atoms with Crippen LogP contribution >= 0.6 is 28.1 Å². The van der Waals surface area contributed by atoms with Crippen molar-refractivity contribution in [2.75, 3.05) is 7.05 Å². The molecule has 132 valence electrons. The molecule has 1 aliphatic heterocycles. The predicted octanol–water partition coefficient (Wildman–Crippen LogP) is 4.85. The van der Waals surface area contributed by atoms with Crippen molar-refractivity contribution in [1.29, 1.82) is 0 Å². The smallest absolute Gasteiger partial charge is 0.170 e. The highest BCUT2D eigenvalue weighted by Gasteiger charge is 2.39. The number of thiocarbonyl (C=S) groups is 1. The SMILES string of the molecule is CN1C(=S)N[C@H](c2ccccn2)[C@@H]1c1ccc(-c2ccc(Br)cc2F)o1. The van der Waals surface area contributed by atoms with Crippen LogP contribution in [0.4, 0.5) is 4.39 Å². The summed E-state index contributed by atoms with van der Waals surface area (Å²) >= 11 is 8.68. The number of nitrogens with zero attached hydrogens (tertiary/aromatic N) is 2. The van der Waals surface area contributed by atoms with Crippen LogP contribution in [0, 0.1) is 5.82 Å². The van der Waals surface area contributed by atoms with Crippen molar-refractivity contribution in [3.63, 3.8) is 0 Å². The number of pyridine rings is 1. The summed E-state index contributed by atoms with van der Waals surface area (Å²) in [6.45, 7) is 0. The van der Waals surface area contributed by atoms with Crippen molar-refractivity contribution >= 4 is 33.3 Å². The molecule has 4 rings (SSSR count). The van der Waals surface area contributed by atoms with E-state index < -0.39 is 0 Å². The molecule has 3 heterocycles. The average molecular weight is 432 g/mol. The third-order valence-electron chi connectivity index (χ3n) is 4.45. The van der Waals surface area contributed by atoms with E-state index in [2.05, 4.69) is 26.2 Å². The van der Waals surface area contributed by atoms with Crippen LogP contribution < -0.4 is 5.32 Å². The molecule has 2 atom stereocenters. The van der Waals surface area contributed by atoms with Crippen molar-refractivity contribution in [3.05, 3.63) is 76.5 Å². The molecule has 1 saturated heterocycles. The minimum absolute atomic E-state index is 0.137. The highest BCUT2D eigenvalue weighted by molar-refractivity contribution is 9.10. The molecule has 0 unspecified atom stereocenters. The van der Waals surface area contributed by atoms with Crippen LogP contribution in [-0.4, -0.2) is 22.0 Å². The minimum Gasteiger partial charge on any atom is -0.459 e. The molecule has 1 N–H and O–H groups in total. The van der Waals surface area contributed by atoms with Crippen molar-refractivity contribution in [2.45, 2.75) is 12.1 Å². The van der Waals surface area contributed by atoms with Crippen LogP contribution in [0.2, 0.25) is 0 Å². The molecule has 3 aromatic rings. The van der Waals surface area contributed by atoms with E-state index >= 15 is 0 Å². The lowest BCUT2D eigenvalue weighted by molar-refractivity contribution is 0.310. The van der Waals surface area contributed by atoms with E-state index in [1.807, 2.05) is 36.2 Å². The average Bonchev–Trinajstić information content (AvgIpc) is 3.21. The van der Waals surface area contributed by atoms with Crippen LogP contribution in [0.15, 0.2) is 63.6 Å². The fourth-order valence-corrected chi connectivity index (χ4v) is 3.73. The summed E-state index contributed by atoms with van der Waals surface area (Å²) in [5, 5.41) is 3.91. The monoisotopic (exact) mass is 431 g/mol. The van der Waals surface area contributed by atoms with Gasteiger partial charge in [-0.3, -0.25) is 4.98 Å². The normalized spacial score (nSPS) is 19.7. The van der Waals surface area contributed by atoms with Gasteiger partial charge in [-0.2, -0.15) is 0 Å². The van der Waals surface area contributed by atoms with Gasteiger partial charge in [-0.1, -0.05) is 22.0 Å². The first kappa shape index (κ1) is 17.2. The molecule has 0 bridgehead atoms. The fourth-order valence-electron chi connectivity index (χ4n) is 3.16. The van der Waals surface area contributed by atoms with E-state index in [1.54, 1.807) is 24.4 Å². The second-order valence-electron chi connectivity index (χ2n) is 6.06. The molecular formula is C19H15BrFN3OS. The van der Waals surface area contributed by atoms with Gasteiger partial charge in [0.15, 0.2) is 5.11 Å². The number of halogens is 2. The Morgan fingerprint density at radius 3 is 2.81 bits per heavy atom. The topological polar surface area (TPSA) is 41.3 Å². The van der Waals surface area contributed by atoms with Gasteiger partial charge >= 0.3 is 0 Å². The molecule has 1 aliphatic rings. The highest BCUT2D eigenvalue weighted by atomic mass is 79.9. The van der Waals surface area contributed by atoms with Gasteiger partial charge in [-0.15, -0.1) is 0 Å². The van der Waals surface area contributed by atoms with Crippen LogP contribution in [0.1, 0.15) is 23.5 Å². The van der Waals surface area contributed by atoms with Crippen LogP contribution in [0.25, 0.3) is 11.3 Å². The standard InChI is InChI=1S/C19H15BrFN3OS/c1-24-18(17(23-19(24)26)14-4-2-3-9-22-14)16-8-7-15(25-16)12-6-5-11(20)10-13(12)21/h2-10,17-18H,1H3,(H,23,26)/t17-,18+/m1/s1. The highest BCUT2D eigenvalue weighted by Crippen LogP contribution is 2.39. The number of hydrogen-bond donors (Lipinski definition) is 1. The van der Waals surface area contributed by atoms with Crippen molar-refractivity contribution < 1.29 is 8.81 Å². The number of likely N-dealkylation sites (N-methyl/N-ethyl adjacent to an activating group) is 1. The largest absolute Gasteiger partial charge is 0.459 e. The summed E-state index contributed by atoms with van der Waals surface area (Å²) in [6.07, 6.45) is 1.75. The molecule has 2 aromatic heterocycles. The summed E-state index contributed by atoms with van der Waals surface area (Å²) < 4.78 is 21.0. The first-order valence-electron chi connectivity index (χ1n) is 8.04. The van der Waals surface area contributed by atoms with E-state index in [0.29, 0.717) is 26.7 Å². The molecule has 0 amide bonds. The maximum Gasteiger partial charge on any atom is 0.170 e. The Kier molecular flexibility index (Phi) is 4.50. The molecule has 0 spiro atoms. The van der Waals surface area contributed by atoms with Gasteiger partial charge in [-0.25, -0.2) is 4.39 Å². The fraction of sp³-hybridized carbons (Fsp3) is 0.158. The predicted molar refractivity (Wildman–Crippen MR) is 105 cm³/mol. The van der Waals surface area contributed by atoms with Crippen molar-refractivity contribution in [2.24, 2.45) is 0 Å². The Labute approximate surface area is 164 Å². The first-order valence-corrected chi connectivity index (χ1v) is 9.24. The second kappa shape index (κ2) is 6.81. The minimum atomic E-state index is -0.338. The lowest BCUT2D eigenvalue weighted by Crippen LogP contribution is -2.24. The summed E-state index contributed by atoms with van der Waals surface area (Å²) in [6, 6.07) is 14.0. The zero-order valence-electron chi connectivity index (χ0n) is 13.8. The zero-order chi connectivity index (χ0) is 18.3. The molecule has 4 nitrogen and oxygen atoms in total. The molecule has 1 aromatic carbocycles. The van der Waals surface area contributed by atoms with Gasteiger partial charge in [0.25, 0.3) is 0 Å². The number of nitrogens with one attached hydrogen (secondary N) is 1. The molecule has 0 radical (unpaired) electrons. The number of furan rings is 1. The Morgan fingerprint density at radius 2 is 2.08 bits per heavy atom. The van der Waals surface area contributed by atoms with E-state index in [1.165, 1.54) is 6.07 Å². The first-order chi connectivity index (χ1) is 12.5. The maximum atomic E-state index is 14.3. The van der Waals surface area contributed by atoms with Gasteiger partial charge in [0.2, 0.25) is 0 Å². The number of aromatic nitrogens is 1. The molecular weight excluding hydrogens is 417 g/mol. The number of rotatable bonds is 3. The van der Waals surface area contributed by atoms with Crippen LogP contribution in [0.3, 0.4) is 0 Å². The summed E-state index contributed by atoms with van der Waals surface area (Å²) in [4.78, 5) is 6.38. The molecule has 26 heavy (non-hydrogen) atoms. The molecule has 7 heteroatoms. The Bertz CT molecular complexity index is 962. The Balaban J connectivity index is 1.72. The van der Waals surface area contributed by atoms with Gasteiger partial charge in [0.1, 0.15) is 23.4 Å². The maximum absolute atomic E-state index is 14.3. The summed E-state index contributed by atoms with van der Waals surface area (Å²) in [5.41, 5.74) is 1.29. The summed E-state index contributed by atoms with van der Waals surface area (Å²) in [5.74, 6) is 0.846. The molecule has 0 aliphatic carbocycles. The van der Waals surface area contributed by atoms with Gasteiger partial charge < -0.3 is 14.6 Å². The number of hydrogen-bond acceptors (Lipinski definition) is 3. The lowest BCUT2D eigenvalue weighted by Gasteiger charge is -2.21. The molecule has 0 saturated carbocycles.